The number of halogens is 1. The quantitative estimate of drug-likeness (QED) is 0.772. The van der Waals surface area contributed by atoms with Crippen LogP contribution in [-0.4, -0.2) is 20.3 Å². The molecule has 0 radical (unpaired) electrons. The third-order valence-corrected chi connectivity index (χ3v) is 4.68. The Balaban J connectivity index is 1.88. The van der Waals surface area contributed by atoms with Gasteiger partial charge in [-0.25, -0.2) is 0 Å². The average molecular weight is 291 g/mol. The minimum Gasteiger partial charge on any atom is -0.497 e. The molecule has 0 spiro atoms. The molecular formula is C17H19ClO2. The summed E-state index contributed by atoms with van der Waals surface area (Å²) in [5, 5.41) is 2.47. The van der Waals surface area contributed by atoms with Gasteiger partial charge in [0.05, 0.1) is 12.5 Å². The van der Waals surface area contributed by atoms with Crippen molar-refractivity contribution in [1.82, 2.24) is 0 Å². The Labute approximate surface area is 124 Å². The number of ether oxygens (including phenoxy) is 2. The molecule has 2 aromatic rings. The van der Waals surface area contributed by atoms with Crippen molar-refractivity contribution in [2.75, 3.05) is 20.3 Å². The molecule has 2 aromatic carbocycles. The largest absolute Gasteiger partial charge is 0.497 e. The summed E-state index contributed by atoms with van der Waals surface area (Å²) in [6, 6.07) is 12.6. The van der Waals surface area contributed by atoms with E-state index in [4.69, 9.17) is 21.1 Å². The zero-order chi connectivity index (χ0) is 13.9. The molecule has 0 aromatic heterocycles. The molecule has 0 saturated carbocycles. The van der Waals surface area contributed by atoms with Crippen LogP contribution in [0.1, 0.15) is 23.8 Å². The van der Waals surface area contributed by atoms with Gasteiger partial charge in [-0.3, -0.25) is 0 Å². The zero-order valence-corrected chi connectivity index (χ0v) is 12.4. The van der Waals surface area contributed by atoms with Crippen LogP contribution in [0, 0.1) is 5.92 Å². The highest BCUT2D eigenvalue weighted by Gasteiger charge is 2.23. The average Bonchev–Trinajstić information content (AvgIpc) is 2.54. The lowest BCUT2D eigenvalue weighted by Crippen LogP contribution is -2.19. The molecule has 0 bridgehead atoms. The van der Waals surface area contributed by atoms with E-state index in [-0.39, 0.29) is 5.38 Å². The summed E-state index contributed by atoms with van der Waals surface area (Å²) < 4.78 is 10.7. The van der Waals surface area contributed by atoms with Crippen molar-refractivity contribution < 1.29 is 9.47 Å². The van der Waals surface area contributed by atoms with Crippen molar-refractivity contribution in [3.8, 4) is 5.75 Å². The molecule has 1 unspecified atom stereocenters. The van der Waals surface area contributed by atoms with Gasteiger partial charge in [-0.15, -0.1) is 11.6 Å². The lowest BCUT2D eigenvalue weighted by molar-refractivity contribution is 0.0651. The number of fused-ring (bicyclic) bond motifs is 1. The van der Waals surface area contributed by atoms with E-state index in [2.05, 4.69) is 30.3 Å². The molecule has 3 heteroatoms. The Hall–Kier alpha value is -1.25. The van der Waals surface area contributed by atoms with Gasteiger partial charge in [0, 0.05) is 13.2 Å². The van der Waals surface area contributed by atoms with Gasteiger partial charge in [-0.05, 0) is 53.3 Å². The first-order valence-electron chi connectivity index (χ1n) is 7.07. The van der Waals surface area contributed by atoms with Gasteiger partial charge in [0.15, 0.2) is 0 Å². The van der Waals surface area contributed by atoms with Crippen LogP contribution in [0.3, 0.4) is 0 Å². The van der Waals surface area contributed by atoms with E-state index in [9.17, 15) is 0 Å². The molecule has 1 atom stereocenters. The van der Waals surface area contributed by atoms with Crippen LogP contribution >= 0.6 is 11.6 Å². The van der Waals surface area contributed by atoms with Crippen molar-refractivity contribution in [3.05, 3.63) is 42.0 Å². The minimum atomic E-state index is 0.0744. The maximum absolute atomic E-state index is 6.66. The second kappa shape index (κ2) is 6.02. The molecule has 1 saturated heterocycles. The van der Waals surface area contributed by atoms with Gasteiger partial charge in [0.25, 0.3) is 0 Å². The fraction of sp³-hybridized carbons (Fsp3) is 0.412. The van der Waals surface area contributed by atoms with Crippen molar-refractivity contribution in [3.63, 3.8) is 0 Å². The number of rotatable bonds is 3. The fourth-order valence-electron chi connectivity index (χ4n) is 2.82. The molecule has 2 nitrogen and oxygen atoms in total. The Bertz CT molecular complexity index is 591. The van der Waals surface area contributed by atoms with Crippen LogP contribution in [0.2, 0.25) is 0 Å². The number of hydrogen-bond acceptors (Lipinski definition) is 2. The predicted molar refractivity (Wildman–Crippen MR) is 82.6 cm³/mol. The molecular weight excluding hydrogens is 272 g/mol. The second-order valence-electron chi connectivity index (χ2n) is 5.32. The Kier molecular flexibility index (Phi) is 4.13. The minimum absolute atomic E-state index is 0.0744. The van der Waals surface area contributed by atoms with Gasteiger partial charge in [-0.2, -0.15) is 0 Å². The molecule has 1 aliphatic rings. The highest BCUT2D eigenvalue weighted by Crippen LogP contribution is 2.36. The summed E-state index contributed by atoms with van der Waals surface area (Å²) in [7, 11) is 1.69. The number of alkyl halides is 1. The van der Waals surface area contributed by atoms with Crippen LogP contribution < -0.4 is 4.74 Å². The zero-order valence-electron chi connectivity index (χ0n) is 11.6. The van der Waals surface area contributed by atoms with Gasteiger partial charge in [-0.1, -0.05) is 18.2 Å². The molecule has 20 heavy (non-hydrogen) atoms. The first-order valence-corrected chi connectivity index (χ1v) is 7.51. The number of methoxy groups -OCH3 is 1. The van der Waals surface area contributed by atoms with Crippen LogP contribution in [-0.2, 0) is 4.74 Å². The van der Waals surface area contributed by atoms with Crippen LogP contribution in [0.5, 0.6) is 5.75 Å². The Morgan fingerprint density at radius 3 is 2.55 bits per heavy atom. The van der Waals surface area contributed by atoms with Crippen molar-refractivity contribution >= 4 is 22.4 Å². The third-order valence-electron chi connectivity index (χ3n) is 4.07. The van der Waals surface area contributed by atoms with E-state index in [0.29, 0.717) is 5.92 Å². The maximum Gasteiger partial charge on any atom is 0.119 e. The maximum atomic E-state index is 6.66. The van der Waals surface area contributed by atoms with Gasteiger partial charge < -0.3 is 9.47 Å². The standard InChI is InChI=1S/C17H19ClO2/c1-19-16-5-4-13-10-15(3-2-14(13)11-16)17(18)12-6-8-20-9-7-12/h2-5,10-12,17H,6-9H2,1H3. The summed E-state index contributed by atoms with van der Waals surface area (Å²) in [6.07, 6.45) is 2.10. The van der Waals surface area contributed by atoms with Gasteiger partial charge >= 0.3 is 0 Å². The summed E-state index contributed by atoms with van der Waals surface area (Å²) in [5.41, 5.74) is 1.20. The molecule has 0 N–H and O–H groups in total. The summed E-state index contributed by atoms with van der Waals surface area (Å²) in [6.45, 7) is 1.66. The molecule has 1 aliphatic heterocycles. The smallest absolute Gasteiger partial charge is 0.119 e. The molecule has 3 rings (SSSR count). The highest BCUT2D eigenvalue weighted by molar-refractivity contribution is 6.21. The molecule has 0 aliphatic carbocycles. The molecule has 1 heterocycles. The number of benzene rings is 2. The Morgan fingerprint density at radius 2 is 1.80 bits per heavy atom. The Morgan fingerprint density at radius 1 is 1.10 bits per heavy atom. The lowest BCUT2D eigenvalue weighted by Gasteiger charge is -2.26. The van der Waals surface area contributed by atoms with E-state index >= 15 is 0 Å². The highest BCUT2D eigenvalue weighted by atomic mass is 35.5. The monoisotopic (exact) mass is 290 g/mol. The summed E-state index contributed by atoms with van der Waals surface area (Å²) >= 11 is 6.66. The van der Waals surface area contributed by atoms with E-state index in [1.165, 1.54) is 16.3 Å². The van der Waals surface area contributed by atoms with Gasteiger partial charge in [0.2, 0.25) is 0 Å². The molecule has 0 amide bonds. The fourth-order valence-corrected chi connectivity index (χ4v) is 3.21. The lowest BCUT2D eigenvalue weighted by atomic mass is 9.91. The first-order chi connectivity index (χ1) is 9.78. The summed E-state index contributed by atoms with van der Waals surface area (Å²) in [4.78, 5) is 0. The predicted octanol–water partition coefficient (Wildman–Crippen LogP) is 4.55. The van der Waals surface area contributed by atoms with Crippen molar-refractivity contribution in [2.24, 2.45) is 5.92 Å². The van der Waals surface area contributed by atoms with Crippen molar-refractivity contribution in [1.29, 1.82) is 0 Å². The van der Waals surface area contributed by atoms with Crippen LogP contribution in [0.25, 0.3) is 10.8 Å². The van der Waals surface area contributed by atoms with E-state index in [1.54, 1.807) is 7.11 Å². The van der Waals surface area contributed by atoms with E-state index in [0.717, 1.165) is 31.8 Å². The SMILES string of the molecule is COc1ccc2cc(C(Cl)C3CCOCC3)ccc2c1. The first kappa shape index (κ1) is 13.7. The van der Waals surface area contributed by atoms with Crippen LogP contribution in [0.15, 0.2) is 36.4 Å². The number of hydrogen-bond donors (Lipinski definition) is 0. The molecule has 1 fully saturated rings. The molecule has 106 valence electrons. The topological polar surface area (TPSA) is 18.5 Å². The second-order valence-corrected chi connectivity index (χ2v) is 5.79. The van der Waals surface area contributed by atoms with E-state index < -0.39 is 0 Å². The van der Waals surface area contributed by atoms with Crippen LogP contribution in [0.4, 0.5) is 0 Å². The normalized spacial score (nSPS) is 18.1. The third kappa shape index (κ3) is 2.77. The van der Waals surface area contributed by atoms with Crippen molar-refractivity contribution in [2.45, 2.75) is 18.2 Å². The summed E-state index contributed by atoms with van der Waals surface area (Å²) in [5.74, 6) is 1.40. The van der Waals surface area contributed by atoms with Gasteiger partial charge in [0.1, 0.15) is 5.75 Å². The van der Waals surface area contributed by atoms with E-state index in [1.807, 2.05) is 6.07 Å².